The molecule has 2 rings (SSSR count). The number of piperidine rings is 1. The second-order valence-corrected chi connectivity index (χ2v) is 6.70. The highest BCUT2D eigenvalue weighted by molar-refractivity contribution is 4.95. The third-order valence-corrected chi connectivity index (χ3v) is 5.06. The zero-order valence-corrected chi connectivity index (χ0v) is 13.2. The van der Waals surface area contributed by atoms with Gasteiger partial charge in [0.1, 0.15) is 0 Å². The molecule has 0 bridgehead atoms. The number of likely N-dealkylation sites (N-methyl/N-ethyl adjacent to an activating group) is 1. The van der Waals surface area contributed by atoms with Gasteiger partial charge in [0.15, 0.2) is 0 Å². The lowest BCUT2D eigenvalue weighted by Crippen LogP contribution is -2.59. The number of ether oxygens (including phenoxy) is 1. The first-order valence-electron chi connectivity index (χ1n) is 8.15. The molecule has 1 heterocycles. The van der Waals surface area contributed by atoms with Crippen LogP contribution in [0.2, 0.25) is 0 Å². The predicted octanol–water partition coefficient (Wildman–Crippen LogP) is 2.51. The molecule has 1 aliphatic heterocycles. The van der Waals surface area contributed by atoms with Gasteiger partial charge >= 0.3 is 0 Å². The Morgan fingerprint density at radius 2 is 2.05 bits per heavy atom. The number of rotatable bonds is 4. The van der Waals surface area contributed by atoms with Crippen molar-refractivity contribution < 1.29 is 4.74 Å². The summed E-state index contributed by atoms with van der Waals surface area (Å²) in [5, 5.41) is 3.74. The Bertz CT molecular complexity index is 271. The summed E-state index contributed by atoms with van der Waals surface area (Å²) >= 11 is 0. The van der Waals surface area contributed by atoms with Gasteiger partial charge in [-0.1, -0.05) is 20.8 Å². The number of nitrogens with one attached hydrogen (secondary N) is 1. The van der Waals surface area contributed by atoms with E-state index >= 15 is 0 Å². The molecule has 112 valence electrons. The van der Waals surface area contributed by atoms with Crippen LogP contribution in [0, 0.1) is 11.8 Å². The van der Waals surface area contributed by atoms with Crippen LogP contribution in [0.15, 0.2) is 0 Å². The minimum Gasteiger partial charge on any atom is -0.380 e. The van der Waals surface area contributed by atoms with Crippen molar-refractivity contribution in [3.63, 3.8) is 0 Å². The van der Waals surface area contributed by atoms with Crippen LogP contribution in [0.4, 0.5) is 0 Å². The smallest absolute Gasteiger partial charge is 0.0698 e. The highest BCUT2D eigenvalue weighted by Gasteiger charge is 2.38. The Hall–Kier alpha value is -0.120. The van der Waals surface area contributed by atoms with Crippen molar-refractivity contribution in [1.29, 1.82) is 0 Å². The van der Waals surface area contributed by atoms with Crippen molar-refractivity contribution in [2.45, 2.75) is 64.6 Å². The maximum atomic E-state index is 5.60. The molecule has 3 nitrogen and oxygen atoms in total. The molecule has 0 aromatic carbocycles. The second kappa shape index (κ2) is 7.05. The van der Waals surface area contributed by atoms with E-state index in [2.05, 4.69) is 31.0 Å². The van der Waals surface area contributed by atoms with Gasteiger partial charge in [0.25, 0.3) is 0 Å². The topological polar surface area (TPSA) is 24.5 Å². The van der Waals surface area contributed by atoms with Crippen molar-refractivity contribution in [1.82, 2.24) is 10.2 Å². The fourth-order valence-corrected chi connectivity index (χ4v) is 4.35. The van der Waals surface area contributed by atoms with Gasteiger partial charge in [-0.3, -0.25) is 4.90 Å². The Morgan fingerprint density at radius 3 is 2.74 bits per heavy atom. The molecule has 0 aromatic rings. The van der Waals surface area contributed by atoms with Crippen molar-refractivity contribution >= 4 is 0 Å². The standard InChI is InChI=1S/C16H32N2O/c1-5-17-15-10-12(2)9-13(3)16(15)18-8-6-7-14(11-18)19-4/h12-17H,5-11H2,1-4H3. The van der Waals surface area contributed by atoms with E-state index in [1.807, 2.05) is 7.11 Å². The molecule has 3 heteroatoms. The van der Waals surface area contributed by atoms with E-state index in [0.717, 1.165) is 24.9 Å². The van der Waals surface area contributed by atoms with E-state index in [1.54, 1.807) is 0 Å². The maximum Gasteiger partial charge on any atom is 0.0698 e. The van der Waals surface area contributed by atoms with E-state index in [1.165, 1.54) is 32.2 Å². The van der Waals surface area contributed by atoms with Gasteiger partial charge in [-0.15, -0.1) is 0 Å². The van der Waals surface area contributed by atoms with Crippen LogP contribution in [0.1, 0.15) is 46.5 Å². The van der Waals surface area contributed by atoms with Gasteiger partial charge in [0, 0.05) is 25.7 Å². The fourth-order valence-electron chi connectivity index (χ4n) is 4.35. The Balaban J connectivity index is 2.04. The van der Waals surface area contributed by atoms with Crippen LogP contribution in [-0.2, 0) is 4.74 Å². The minimum absolute atomic E-state index is 0.447. The third-order valence-electron chi connectivity index (χ3n) is 5.06. The zero-order chi connectivity index (χ0) is 13.8. The average molecular weight is 268 g/mol. The fraction of sp³-hybridized carbons (Fsp3) is 1.00. The summed E-state index contributed by atoms with van der Waals surface area (Å²) in [5.41, 5.74) is 0. The first kappa shape index (κ1) is 15.3. The molecular weight excluding hydrogens is 236 g/mol. The Labute approximate surface area is 119 Å². The number of hydrogen-bond donors (Lipinski definition) is 1. The SMILES string of the molecule is CCNC1CC(C)CC(C)C1N1CCCC(OC)C1. The average Bonchev–Trinajstić information content (AvgIpc) is 2.38. The molecule has 5 atom stereocenters. The number of likely N-dealkylation sites (tertiary alicyclic amines) is 1. The van der Waals surface area contributed by atoms with Crippen molar-refractivity contribution in [2.24, 2.45) is 11.8 Å². The zero-order valence-electron chi connectivity index (χ0n) is 13.2. The van der Waals surface area contributed by atoms with E-state index < -0.39 is 0 Å². The molecule has 5 unspecified atom stereocenters. The molecule has 1 N–H and O–H groups in total. The summed E-state index contributed by atoms with van der Waals surface area (Å²) in [6.07, 6.45) is 5.67. The summed E-state index contributed by atoms with van der Waals surface area (Å²) < 4.78 is 5.60. The van der Waals surface area contributed by atoms with Gasteiger partial charge in [-0.25, -0.2) is 0 Å². The monoisotopic (exact) mass is 268 g/mol. The van der Waals surface area contributed by atoms with Gasteiger partial charge in [0.2, 0.25) is 0 Å². The molecule has 0 radical (unpaired) electrons. The number of hydrogen-bond acceptors (Lipinski definition) is 3. The Morgan fingerprint density at radius 1 is 1.26 bits per heavy atom. The van der Waals surface area contributed by atoms with E-state index in [0.29, 0.717) is 18.2 Å². The highest BCUT2D eigenvalue weighted by atomic mass is 16.5. The van der Waals surface area contributed by atoms with Crippen LogP contribution < -0.4 is 5.32 Å². The van der Waals surface area contributed by atoms with Crippen LogP contribution >= 0.6 is 0 Å². The lowest BCUT2D eigenvalue weighted by molar-refractivity contribution is -0.0187. The molecular formula is C16H32N2O. The van der Waals surface area contributed by atoms with Gasteiger partial charge in [-0.2, -0.15) is 0 Å². The molecule has 2 aliphatic rings. The molecule has 1 saturated carbocycles. The normalized spacial score (nSPS) is 41.4. The predicted molar refractivity (Wildman–Crippen MR) is 80.4 cm³/mol. The Kier molecular flexibility index (Phi) is 5.67. The van der Waals surface area contributed by atoms with Crippen LogP contribution in [0.25, 0.3) is 0 Å². The molecule has 19 heavy (non-hydrogen) atoms. The summed E-state index contributed by atoms with van der Waals surface area (Å²) in [4.78, 5) is 2.71. The lowest BCUT2D eigenvalue weighted by atomic mass is 9.75. The summed E-state index contributed by atoms with van der Waals surface area (Å²) in [7, 11) is 1.86. The first-order valence-corrected chi connectivity index (χ1v) is 8.15. The quantitative estimate of drug-likeness (QED) is 0.848. The van der Waals surface area contributed by atoms with Gasteiger partial charge in [0.05, 0.1) is 6.10 Å². The summed E-state index contributed by atoms with van der Waals surface area (Å²) in [6.45, 7) is 10.6. The minimum atomic E-state index is 0.447. The van der Waals surface area contributed by atoms with Crippen molar-refractivity contribution in [3.05, 3.63) is 0 Å². The number of methoxy groups -OCH3 is 1. The largest absolute Gasteiger partial charge is 0.380 e. The maximum absolute atomic E-state index is 5.60. The van der Waals surface area contributed by atoms with Crippen molar-refractivity contribution in [2.75, 3.05) is 26.7 Å². The van der Waals surface area contributed by atoms with E-state index in [-0.39, 0.29) is 0 Å². The third kappa shape index (κ3) is 3.71. The van der Waals surface area contributed by atoms with E-state index in [9.17, 15) is 0 Å². The first-order chi connectivity index (χ1) is 9.15. The molecule has 1 saturated heterocycles. The molecule has 0 aromatic heterocycles. The molecule has 1 aliphatic carbocycles. The summed E-state index contributed by atoms with van der Waals surface area (Å²) in [5.74, 6) is 1.65. The van der Waals surface area contributed by atoms with Crippen LogP contribution in [-0.4, -0.2) is 49.8 Å². The lowest BCUT2D eigenvalue weighted by Gasteiger charge is -2.48. The van der Waals surface area contributed by atoms with Crippen LogP contribution in [0.5, 0.6) is 0 Å². The molecule has 0 amide bonds. The van der Waals surface area contributed by atoms with E-state index in [4.69, 9.17) is 4.74 Å². The van der Waals surface area contributed by atoms with Gasteiger partial charge in [-0.05, 0) is 50.6 Å². The number of nitrogens with zero attached hydrogens (tertiary/aromatic N) is 1. The van der Waals surface area contributed by atoms with Crippen molar-refractivity contribution in [3.8, 4) is 0 Å². The highest BCUT2D eigenvalue weighted by Crippen LogP contribution is 2.33. The summed E-state index contributed by atoms with van der Waals surface area (Å²) in [6, 6.07) is 1.37. The second-order valence-electron chi connectivity index (χ2n) is 6.70. The molecule has 0 spiro atoms. The van der Waals surface area contributed by atoms with Gasteiger partial charge < -0.3 is 10.1 Å². The molecule has 2 fully saturated rings. The van der Waals surface area contributed by atoms with Crippen LogP contribution in [0.3, 0.4) is 0 Å².